The van der Waals surface area contributed by atoms with E-state index in [1.807, 2.05) is 6.92 Å². The number of carbonyl (C=O) groups is 3. The molecule has 0 bridgehead atoms. The van der Waals surface area contributed by atoms with Crippen LogP contribution in [-0.4, -0.2) is 30.4 Å². The van der Waals surface area contributed by atoms with E-state index >= 15 is 0 Å². The summed E-state index contributed by atoms with van der Waals surface area (Å²) >= 11 is 3.10. The first kappa shape index (κ1) is 18.2. The van der Waals surface area contributed by atoms with Crippen LogP contribution in [0.5, 0.6) is 5.75 Å². The molecule has 2 heterocycles. The van der Waals surface area contributed by atoms with Gasteiger partial charge in [0.15, 0.2) is 10.4 Å². The van der Waals surface area contributed by atoms with E-state index < -0.39 is 17.9 Å². The van der Waals surface area contributed by atoms with Crippen molar-refractivity contribution >= 4 is 39.3 Å². The molecule has 0 radical (unpaired) electrons. The number of hydrogen-bond acceptors (Lipinski definition) is 6. The Labute approximate surface area is 157 Å². The first-order chi connectivity index (χ1) is 12.5. The van der Waals surface area contributed by atoms with Gasteiger partial charge in [-0.1, -0.05) is 6.07 Å². The van der Waals surface area contributed by atoms with E-state index in [1.165, 1.54) is 6.07 Å². The van der Waals surface area contributed by atoms with Gasteiger partial charge in [-0.15, -0.1) is 0 Å². The predicted molar refractivity (Wildman–Crippen MR) is 95.5 cm³/mol. The summed E-state index contributed by atoms with van der Waals surface area (Å²) in [5.74, 6) is -0.727. The van der Waals surface area contributed by atoms with E-state index in [-0.39, 0.29) is 18.1 Å². The molecule has 0 saturated carbocycles. The van der Waals surface area contributed by atoms with Crippen LogP contribution >= 0.6 is 15.9 Å². The predicted octanol–water partition coefficient (Wildman–Crippen LogP) is 2.01. The number of halogens is 1. The fraction of sp³-hybridized carbons (Fsp3) is 0.235. The van der Waals surface area contributed by atoms with E-state index in [9.17, 15) is 14.4 Å². The zero-order valence-electron chi connectivity index (χ0n) is 13.8. The number of anilines is 1. The van der Waals surface area contributed by atoms with Crippen LogP contribution in [0.25, 0.3) is 0 Å². The molecule has 2 N–H and O–H groups in total. The SMILES string of the molecule is CCOc1cccc(N2C(=O)CC(NNC(=O)c3ccc(Br)o3)C2=O)c1. The van der Waals surface area contributed by atoms with Gasteiger partial charge in [0, 0.05) is 6.07 Å². The smallest absolute Gasteiger partial charge is 0.301 e. The maximum Gasteiger partial charge on any atom is 0.301 e. The summed E-state index contributed by atoms with van der Waals surface area (Å²) in [7, 11) is 0. The summed E-state index contributed by atoms with van der Waals surface area (Å²) in [5.41, 5.74) is 5.40. The molecule has 26 heavy (non-hydrogen) atoms. The minimum Gasteiger partial charge on any atom is -0.494 e. The van der Waals surface area contributed by atoms with Crippen LogP contribution in [0.2, 0.25) is 0 Å². The van der Waals surface area contributed by atoms with Crippen LogP contribution in [-0.2, 0) is 9.59 Å². The molecule has 1 aliphatic heterocycles. The summed E-state index contributed by atoms with van der Waals surface area (Å²) in [6.07, 6.45) is -0.0696. The van der Waals surface area contributed by atoms with E-state index in [0.717, 1.165) is 4.90 Å². The van der Waals surface area contributed by atoms with Crippen molar-refractivity contribution in [3.63, 3.8) is 0 Å². The molecule has 1 aromatic heterocycles. The summed E-state index contributed by atoms with van der Waals surface area (Å²) in [4.78, 5) is 37.9. The Morgan fingerprint density at radius 1 is 1.35 bits per heavy atom. The van der Waals surface area contributed by atoms with Gasteiger partial charge in [-0.25, -0.2) is 10.3 Å². The molecule has 3 rings (SSSR count). The summed E-state index contributed by atoms with van der Waals surface area (Å²) in [6.45, 7) is 2.32. The second kappa shape index (κ2) is 7.71. The van der Waals surface area contributed by atoms with E-state index in [1.54, 1.807) is 30.3 Å². The molecule has 1 aliphatic rings. The lowest BCUT2D eigenvalue weighted by molar-refractivity contribution is -0.121. The Morgan fingerprint density at radius 3 is 2.85 bits per heavy atom. The number of rotatable bonds is 6. The zero-order valence-corrected chi connectivity index (χ0v) is 15.4. The lowest BCUT2D eigenvalue weighted by atomic mass is 10.2. The Hall–Kier alpha value is -2.65. The lowest BCUT2D eigenvalue weighted by Gasteiger charge is -2.16. The number of carbonyl (C=O) groups excluding carboxylic acids is 3. The molecule has 1 atom stereocenters. The molecule has 8 nitrogen and oxygen atoms in total. The van der Waals surface area contributed by atoms with Crippen molar-refractivity contribution in [2.75, 3.05) is 11.5 Å². The number of hydrogen-bond donors (Lipinski definition) is 2. The zero-order chi connectivity index (χ0) is 18.7. The highest BCUT2D eigenvalue weighted by molar-refractivity contribution is 9.10. The van der Waals surface area contributed by atoms with E-state index in [2.05, 4.69) is 26.8 Å². The van der Waals surface area contributed by atoms with Gasteiger partial charge in [-0.05, 0) is 47.1 Å². The summed E-state index contributed by atoms with van der Waals surface area (Å²) in [6, 6.07) is 8.93. The third-order valence-corrected chi connectivity index (χ3v) is 4.12. The van der Waals surface area contributed by atoms with Crippen molar-refractivity contribution in [3.05, 3.63) is 46.8 Å². The standard InChI is InChI=1S/C17H16BrN3O5/c1-2-25-11-5-3-4-10(8-11)21-15(22)9-12(17(21)24)19-20-16(23)13-6-7-14(18)26-13/h3-8,12,19H,2,9H2,1H3,(H,20,23). The second-order valence-electron chi connectivity index (χ2n) is 5.46. The number of benzene rings is 1. The monoisotopic (exact) mass is 421 g/mol. The number of ether oxygens (including phenoxy) is 1. The Balaban J connectivity index is 1.67. The third kappa shape index (κ3) is 3.78. The number of amides is 3. The van der Waals surface area contributed by atoms with Gasteiger partial charge in [0.2, 0.25) is 5.91 Å². The number of imide groups is 1. The van der Waals surface area contributed by atoms with Crippen LogP contribution in [0.1, 0.15) is 23.9 Å². The van der Waals surface area contributed by atoms with Crippen molar-refractivity contribution in [3.8, 4) is 5.75 Å². The second-order valence-corrected chi connectivity index (χ2v) is 6.24. The molecule has 2 aromatic rings. The van der Waals surface area contributed by atoms with Gasteiger partial charge in [0.1, 0.15) is 11.8 Å². The van der Waals surface area contributed by atoms with Gasteiger partial charge < -0.3 is 9.15 Å². The van der Waals surface area contributed by atoms with Gasteiger partial charge in [0.05, 0.1) is 18.7 Å². The number of furan rings is 1. The van der Waals surface area contributed by atoms with E-state index in [4.69, 9.17) is 9.15 Å². The minimum atomic E-state index is -0.861. The molecule has 1 unspecified atom stereocenters. The third-order valence-electron chi connectivity index (χ3n) is 3.69. The van der Waals surface area contributed by atoms with Crippen LogP contribution < -0.4 is 20.5 Å². The minimum absolute atomic E-state index is 0.0696. The van der Waals surface area contributed by atoms with Gasteiger partial charge >= 0.3 is 5.91 Å². The quantitative estimate of drug-likeness (QED) is 0.546. The number of hydrazine groups is 1. The van der Waals surface area contributed by atoms with Gasteiger partial charge in [-0.3, -0.25) is 19.8 Å². The highest BCUT2D eigenvalue weighted by Crippen LogP contribution is 2.26. The molecule has 136 valence electrons. The molecular formula is C17H16BrN3O5. The van der Waals surface area contributed by atoms with Crippen molar-refractivity contribution < 1.29 is 23.5 Å². The van der Waals surface area contributed by atoms with Crippen LogP contribution in [0.4, 0.5) is 5.69 Å². The summed E-state index contributed by atoms with van der Waals surface area (Å²) in [5, 5.41) is 0. The molecule has 1 aromatic carbocycles. The van der Waals surface area contributed by atoms with Crippen LogP contribution in [0.3, 0.4) is 0 Å². The van der Waals surface area contributed by atoms with Crippen LogP contribution in [0, 0.1) is 0 Å². The number of nitrogens with zero attached hydrogens (tertiary/aromatic N) is 1. The first-order valence-electron chi connectivity index (χ1n) is 7.90. The van der Waals surface area contributed by atoms with Crippen molar-refractivity contribution in [2.45, 2.75) is 19.4 Å². The maximum atomic E-state index is 12.6. The topological polar surface area (TPSA) is 101 Å². The van der Waals surface area contributed by atoms with Gasteiger partial charge in [0.25, 0.3) is 5.91 Å². The average molecular weight is 422 g/mol. The largest absolute Gasteiger partial charge is 0.494 e. The maximum absolute atomic E-state index is 12.6. The normalized spacial score (nSPS) is 16.8. The fourth-order valence-corrected chi connectivity index (χ4v) is 2.85. The molecule has 1 saturated heterocycles. The molecule has 1 fully saturated rings. The molecule has 3 amide bonds. The molecule has 0 spiro atoms. The highest BCUT2D eigenvalue weighted by Gasteiger charge is 2.40. The Kier molecular flexibility index (Phi) is 5.38. The van der Waals surface area contributed by atoms with Gasteiger partial charge in [-0.2, -0.15) is 0 Å². The van der Waals surface area contributed by atoms with E-state index in [0.29, 0.717) is 22.7 Å². The van der Waals surface area contributed by atoms with Crippen molar-refractivity contribution in [1.82, 2.24) is 10.9 Å². The van der Waals surface area contributed by atoms with Crippen molar-refractivity contribution in [1.29, 1.82) is 0 Å². The van der Waals surface area contributed by atoms with Crippen molar-refractivity contribution in [2.24, 2.45) is 0 Å². The molecule has 0 aliphatic carbocycles. The lowest BCUT2D eigenvalue weighted by Crippen LogP contribution is -2.48. The first-order valence-corrected chi connectivity index (χ1v) is 8.69. The fourth-order valence-electron chi connectivity index (χ4n) is 2.55. The molecular weight excluding hydrogens is 406 g/mol. The Morgan fingerprint density at radius 2 is 2.15 bits per heavy atom. The Bertz CT molecular complexity index is 850. The van der Waals surface area contributed by atoms with Crippen LogP contribution in [0.15, 0.2) is 45.5 Å². The highest BCUT2D eigenvalue weighted by atomic mass is 79.9. The number of nitrogens with one attached hydrogen (secondary N) is 2. The molecule has 9 heteroatoms. The average Bonchev–Trinajstić information content (AvgIpc) is 3.16. The summed E-state index contributed by atoms with van der Waals surface area (Å²) < 4.78 is 10.9.